The minimum absolute atomic E-state index is 0.0304. The van der Waals surface area contributed by atoms with E-state index in [2.05, 4.69) is 171 Å². The minimum atomic E-state index is -0.769. The Hall–Kier alpha value is -11.8. The number of nitrogens with zero attached hydrogens (tertiary/aromatic N) is 6. The van der Waals surface area contributed by atoms with Crippen LogP contribution in [0.15, 0.2) is 184 Å². The van der Waals surface area contributed by atoms with Gasteiger partial charge in [-0.1, -0.05) is 87.9 Å². The number of ketones is 1. The molecular formula is C102H121ClN6O18+2. The maximum atomic E-state index is 13.1. The number of hydroxylamine groups is 4. The molecule has 24 nitrogen and oxygen atoms in total. The second kappa shape index (κ2) is 41.3. The number of fused-ring (bicyclic) bond motifs is 4. The number of anilines is 2. The van der Waals surface area contributed by atoms with E-state index in [1.54, 1.807) is 28.4 Å². The molecule has 0 spiro atoms. The summed E-state index contributed by atoms with van der Waals surface area (Å²) in [6.07, 6.45) is 28.9. The van der Waals surface area contributed by atoms with Crippen LogP contribution in [0.1, 0.15) is 248 Å². The Morgan fingerprint density at radius 1 is 0.425 bits per heavy atom. The Morgan fingerprint density at radius 3 is 1.26 bits per heavy atom. The summed E-state index contributed by atoms with van der Waals surface area (Å²) in [5.74, 6) is -1.75. The van der Waals surface area contributed by atoms with Crippen LogP contribution in [-0.4, -0.2) is 161 Å². The SMILES string of the molecule is COc1ccc2c(c1)C(C)(C)C(/C=C/C1=C(Cl)C(=C/C=C3/N(CCCCC(=O)O)c4ccc(OC)cc4C3(C)C)/CCC1)=[N+]2CCCCC(=O)O.COc1ccc2c(c1)C(C)(C)C(/C=C/C1=C(c3ccc(C(=O)CCCO)cc3)C(=C/C=C3/N(CCCCC(=O)ON4C(=O)CCC4=O)c4ccc(OC)cc4C3(C)C)/CCC1)=[N+]2CCCCC(=O)ON1C(=O)CCC1=O. The van der Waals surface area contributed by atoms with E-state index in [-0.39, 0.29) is 81.0 Å². The zero-order valence-electron chi connectivity index (χ0n) is 75.4. The van der Waals surface area contributed by atoms with Crippen molar-refractivity contribution in [2.45, 2.75) is 231 Å². The molecule has 0 bridgehead atoms. The summed E-state index contributed by atoms with van der Waals surface area (Å²) in [7, 11) is 6.67. The Morgan fingerprint density at radius 2 is 0.819 bits per heavy atom. The molecule has 0 saturated carbocycles. The van der Waals surface area contributed by atoms with Crippen molar-refractivity contribution >= 4 is 105 Å². The van der Waals surface area contributed by atoms with Gasteiger partial charge in [-0.15, -0.1) is 10.1 Å². The van der Waals surface area contributed by atoms with Gasteiger partial charge in [0.2, 0.25) is 11.4 Å². The molecule has 0 atom stereocenters. The number of benzene rings is 5. The van der Waals surface area contributed by atoms with Gasteiger partial charge >= 0.3 is 23.9 Å². The maximum absolute atomic E-state index is 13.1. The molecular weight excluding hydrogens is 1630 g/mol. The highest BCUT2D eigenvalue weighted by Gasteiger charge is 2.48. The van der Waals surface area contributed by atoms with Crippen molar-refractivity contribution in [1.82, 2.24) is 10.1 Å². The van der Waals surface area contributed by atoms with Gasteiger partial charge < -0.3 is 53.7 Å². The average molecular weight is 1750 g/mol. The highest BCUT2D eigenvalue weighted by molar-refractivity contribution is 6.32. The molecule has 2 aliphatic carbocycles. The van der Waals surface area contributed by atoms with Gasteiger partial charge in [-0.3, -0.25) is 33.6 Å². The van der Waals surface area contributed by atoms with E-state index >= 15 is 0 Å². The number of imide groups is 2. The zero-order chi connectivity index (χ0) is 91.2. The van der Waals surface area contributed by atoms with Crippen molar-refractivity contribution in [3.63, 3.8) is 0 Å². The third kappa shape index (κ3) is 21.3. The number of aliphatic hydroxyl groups excluding tert-OH is 1. The first-order valence-electron chi connectivity index (χ1n) is 44.5. The molecule has 8 aliphatic rings. The van der Waals surface area contributed by atoms with Crippen molar-refractivity contribution in [2.75, 3.05) is 71.0 Å². The van der Waals surface area contributed by atoms with E-state index in [1.807, 2.05) is 48.5 Å². The predicted octanol–water partition coefficient (Wildman–Crippen LogP) is 18.8. The molecule has 3 N–H and O–H groups in total. The summed E-state index contributed by atoms with van der Waals surface area (Å²) < 4.78 is 27.1. The molecule has 4 amide bonds. The second-order valence-corrected chi connectivity index (χ2v) is 35.9. The number of carbonyl (C=O) groups excluding carboxylic acids is 7. The number of rotatable bonds is 37. The lowest BCUT2D eigenvalue weighted by atomic mass is 9.79. The first kappa shape index (κ1) is 94.4. The Bertz CT molecular complexity index is 5420. The van der Waals surface area contributed by atoms with Crippen LogP contribution in [0.2, 0.25) is 0 Å². The number of carboxylic acids is 2. The van der Waals surface area contributed by atoms with Gasteiger partial charge in [-0.05, 0) is 229 Å². The fourth-order valence-corrected chi connectivity index (χ4v) is 18.9. The minimum Gasteiger partial charge on any atom is -0.497 e. The highest BCUT2D eigenvalue weighted by Crippen LogP contribution is 2.53. The quantitative estimate of drug-likeness (QED) is 0.0144. The molecule has 5 aromatic rings. The summed E-state index contributed by atoms with van der Waals surface area (Å²) in [6.45, 7) is 20.2. The number of hydrogen-bond donors (Lipinski definition) is 3. The van der Waals surface area contributed by atoms with Gasteiger partial charge in [-0.25, -0.2) is 9.59 Å². The molecule has 2 saturated heterocycles. The average Bonchev–Trinajstić information content (AvgIpc) is 1.55. The second-order valence-electron chi connectivity index (χ2n) is 35.5. The van der Waals surface area contributed by atoms with Crippen LogP contribution < -0.4 is 28.7 Å². The largest absolute Gasteiger partial charge is 0.497 e. The Balaban J connectivity index is 0.000000250. The molecule has 6 heterocycles. The topological polar surface area (TPSA) is 289 Å². The lowest BCUT2D eigenvalue weighted by Gasteiger charge is -2.28. The first-order chi connectivity index (χ1) is 60.7. The Kier molecular flexibility index (Phi) is 30.7. The van der Waals surface area contributed by atoms with Crippen LogP contribution in [0, 0.1) is 0 Å². The molecule has 0 aromatic heterocycles. The van der Waals surface area contributed by atoms with Crippen LogP contribution >= 0.6 is 11.6 Å². The number of unbranched alkanes of at least 4 members (excludes halogenated alkanes) is 4. The van der Waals surface area contributed by atoms with Gasteiger partial charge in [0, 0.05) is 170 Å². The van der Waals surface area contributed by atoms with E-state index in [0.717, 1.165) is 183 Å². The third-order valence-electron chi connectivity index (χ3n) is 25.7. The summed E-state index contributed by atoms with van der Waals surface area (Å²) in [5.41, 5.74) is 18.9. The maximum Gasteiger partial charge on any atom is 0.333 e. The van der Waals surface area contributed by atoms with Crippen molar-refractivity contribution in [2.24, 2.45) is 0 Å². The van der Waals surface area contributed by atoms with Gasteiger partial charge in [0.1, 0.15) is 36.1 Å². The number of allylic oxidation sites excluding steroid dienone is 16. The van der Waals surface area contributed by atoms with Crippen LogP contribution in [-0.2, 0) is 69.7 Å². The summed E-state index contributed by atoms with van der Waals surface area (Å²) in [6, 6.07) is 32.3. The molecule has 127 heavy (non-hydrogen) atoms. The number of hydrogen-bond acceptors (Lipinski definition) is 18. The summed E-state index contributed by atoms with van der Waals surface area (Å²) in [5, 5.41) is 29.8. The standard InChI is InChI=1S/C60H69N4O12.C42H51ClN2O6/c1-59(2)45-37-43(73-5)24-26-47(45)61(34-9-7-16-56(71)75-63-52(67)30-31-53(63)68)50(59)28-22-40-13-11-14-41(58(40)42-20-18-39(19-21-42)49(66)15-12-36-65)23-29-51-60(3,4)46-38-44(74-6)25-27-48(46)62(51)35-10-8-17-57(72)76-64-54(69)32-33-55(64)70;1-41(2)32-26-30(50-5)18-20-34(32)44(24-9-7-14-38(46)47)36(41)22-16-28-12-11-13-29(40(28)43)17-23-37-42(3,4)33-27-31(51-6)19-21-35(33)45(37)25-10-8-15-39(48)49/h18-29,37-38,65H,7-17,30-36H2,1-6H3;16-23,26-27H,7-15,24-25H2,1-6H3,(H-,46,47,48,49)/q+1;/p+1. The van der Waals surface area contributed by atoms with Crippen molar-refractivity contribution in [3.8, 4) is 23.0 Å². The van der Waals surface area contributed by atoms with Crippen molar-refractivity contribution < 1.29 is 96.2 Å². The monoisotopic (exact) mass is 1750 g/mol. The molecule has 5 aromatic carbocycles. The number of carboxylic acid groups (broad SMARTS) is 2. The highest BCUT2D eigenvalue weighted by atomic mass is 35.5. The van der Waals surface area contributed by atoms with Crippen molar-refractivity contribution in [1.29, 1.82) is 0 Å². The fourth-order valence-electron chi connectivity index (χ4n) is 18.6. The van der Waals surface area contributed by atoms with E-state index < -0.39 is 58.3 Å². The van der Waals surface area contributed by atoms with E-state index in [4.69, 9.17) is 40.2 Å². The van der Waals surface area contributed by atoms with E-state index in [0.29, 0.717) is 73.7 Å². The van der Waals surface area contributed by atoms with Crippen LogP contribution in [0.5, 0.6) is 23.0 Å². The first-order valence-corrected chi connectivity index (χ1v) is 44.9. The lowest BCUT2D eigenvalue weighted by Crippen LogP contribution is -2.32. The van der Waals surface area contributed by atoms with Crippen molar-refractivity contribution in [3.05, 3.63) is 218 Å². The third-order valence-corrected chi connectivity index (χ3v) is 26.2. The van der Waals surface area contributed by atoms with E-state index in [9.17, 15) is 58.5 Å². The number of Topliss-reactive ketones (excluding diaryl/α,β-unsaturated/α-hetero) is 1. The predicted molar refractivity (Wildman–Crippen MR) is 489 cm³/mol. The lowest BCUT2D eigenvalue weighted by molar-refractivity contribution is -0.438. The molecule has 2 fully saturated rings. The number of ether oxygens (including phenoxy) is 4. The van der Waals surface area contributed by atoms with Crippen LogP contribution in [0.3, 0.4) is 0 Å². The number of amides is 4. The fraction of sp³-hybridized carbons (Fsp3) is 0.441. The Labute approximate surface area is 749 Å². The van der Waals surface area contributed by atoms with Gasteiger partial charge in [-0.2, -0.15) is 9.15 Å². The number of carbonyl (C=O) groups is 9. The molecule has 0 unspecified atom stereocenters. The summed E-state index contributed by atoms with van der Waals surface area (Å²) in [4.78, 5) is 124. The number of aliphatic carboxylic acids is 2. The number of methoxy groups -OCH3 is 4. The molecule has 25 heteroatoms. The smallest absolute Gasteiger partial charge is 0.333 e. The summed E-state index contributed by atoms with van der Waals surface area (Å²) >= 11 is 7.21. The van der Waals surface area contributed by atoms with Gasteiger partial charge in [0.15, 0.2) is 17.2 Å². The molecule has 672 valence electrons. The van der Waals surface area contributed by atoms with Crippen LogP contribution in [0.4, 0.5) is 22.7 Å². The number of aliphatic hydroxyl groups is 1. The molecule has 6 aliphatic heterocycles. The molecule has 0 radical (unpaired) electrons. The zero-order valence-corrected chi connectivity index (χ0v) is 76.1. The van der Waals surface area contributed by atoms with E-state index in [1.165, 1.54) is 11.1 Å². The number of halogens is 1. The van der Waals surface area contributed by atoms with Crippen LogP contribution in [0.25, 0.3) is 5.57 Å². The van der Waals surface area contributed by atoms with Gasteiger partial charge in [0.05, 0.1) is 39.3 Å². The normalized spacial score (nSPS) is 19.1. The molecule has 13 rings (SSSR count). The van der Waals surface area contributed by atoms with Gasteiger partial charge in [0.25, 0.3) is 23.6 Å².